The van der Waals surface area contributed by atoms with Gasteiger partial charge < -0.3 is 15.0 Å². The summed E-state index contributed by atoms with van der Waals surface area (Å²) in [7, 11) is 2.05. The van der Waals surface area contributed by atoms with Gasteiger partial charge >= 0.3 is 0 Å². The van der Waals surface area contributed by atoms with Gasteiger partial charge in [0.25, 0.3) is 0 Å². The summed E-state index contributed by atoms with van der Waals surface area (Å²) in [5.74, 6) is 1.66. The van der Waals surface area contributed by atoms with E-state index in [0.29, 0.717) is 17.4 Å². The number of nitrogens with one attached hydrogen (secondary N) is 1. The van der Waals surface area contributed by atoms with E-state index in [9.17, 15) is 0 Å². The number of aliphatic imine (C=N–C) groups is 1. The molecule has 0 radical (unpaired) electrons. The Bertz CT molecular complexity index is 708. The SMILES string of the molecule is CN1CCN=C1NCc1ccccc1COc1ccccc1Cl.I. The molecule has 0 atom stereocenters. The van der Waals surface area contributed by atoms with E-state index in [0.717, 1.165) is 31.2 Å². The number of benzene rings is 2. The molecule has 6 heteroatoms. The molecule has 0 saturated heterocycles. The molecule has 0 unspecified atom stereocenters. The van der Waals surface area contributed by atoms with Crippen LogP contribution < -0.4 is 10.1 Å². The third kappa shape index (κ3) is 4.77. The van der Waals surface area contributed by atoms with Crippen LogP contribution in [0, 0.1) is 0 Å². The van der Waals surface area contributed by atoms with Crippen LogP contribution in [-0.4, -0.2) is 31.0 Å². The number of nitrogens with zero attached hydrogens (tertiary/aromatic N) is 2. The summed E-state index contributed by atoms with van der Waals surface area (Å²) in [6, 6.07) is 15.8. The molecule has 24 heavy (non-hydrogen) atoms. The summed E-state index contributed by atoms with van der Waals surface area (Å²) >= 11 is 6.13. The number of guanidine groups is 1. The third-order valence-electron chi connectivity index (χ3n) is 3.83. The zero-order valence-corrected chi connectivity index (χ0v) is 16.6. The van der Waals surface area contributed by atoms with Crippen molar-refractivity contribution in [2.24, 2.45) is 4.99 Å². The largest absolute Gasteiger partial charge is 0.487 e. The first kappa shape index (κ1) is 18.9. The fraction of sp³-hybridized carbons (Fsp3) is 0.278. The fourth-order valence-electron chi connectivity index (χ4n) is 2.49. The molecule has 1 aliphatic rings. The van der Waals surface area contributed by atoms with Crippen molar-refractivity contribution in [1.29, 1.82) is 0 Å². The Labute approximate surface area is 164 Å². The molecular weight excluding hydrogens is 437 g/mol. The van der Waals surface area contributed by atoms with E-state index in [4.69, 9.17) is 16.3 Å². The van der Waals surface area contributed by atoms with Crippen LogP contribution in [-0.2, 0) is 13.2 Å². The van der Waals surface area contributed by atoms with Crippen molar-refractivity contribution in [1.82, 2.24) is 10.2 Å². The second kappa shape index (κ2) is 9.13. The number of para-hydroxylation sites is 1. The molecule has 0 amide bonds. The van der Waals surface area contributed by atoms with Gasteiger partial charge in [-0.05, 0) is 23.3 Å². The van der Waals surface area contributed by atoms with Crippen LogP contribution in [0.25, 0.3) is 0 Å². The summed E-state index contributed by atoms with van der Waals surface area (Å²) in [4.78, 5) is 6.58. The average molecular weight is 458 g/mol. The van der Waals surface area contributed by atoms with E-state index < -0.39 is 0 Å². The highest BCUT2D eigenvalue weighted by atomic mass is 127. The highest BCUT2D eigenvalue weighted by molar-refractivity contribution is 14.0. The average Bonchev–Trinajstić information content (AvgIpc) is 2.98. The van der Waals surface area contributed by atoms with Crippen LogP contribution in [0.3, 0.4) is 0 Å². The molecule has 0 bridgehead atoms. The van der Waals surface area contributed by atoms with Crippen molar-refractivity contribution in [3.05, 3.63) is 64.7 Å². The molecule has 3 rings (SSSR count). The van der Waals surface area contributed by atoms with Crippen molar-refractivity contribution < 1.29 is 4.74 Å². The van der Waals surface area contributed by atoms with Crippen molar-refractivity contribution >= 4 is 41.5 Å². The molecule has 2 aromatic carbocycles. The molecule has 4 nitrogen and oxygen atoms in total. The highest BCUT2D eigenvalue weighted by Crippen LogP contribution is 2.24. The normalized spacial score (nSPS) is 13.2. The Morgan fingerprint density at radius 1 is 1.12 bits per heavy atom. The monoisotopic (exact) mass is 457 g/mol. The van der Waals surface area contributed by atoms with E-state index >= 15 is 0 Å². The first-order chi connectivity index (χ1) is 11.2. The van der Waals surface area contributed by atoms with Crippen LogP contribution in [0.1, 0.15) is 11.1 Å². The molecular formula is C18H21ClIN3O. The maximum Gasteiger partial charge on any atom is 0.194 e. The van der Waals surface area contributed by atoms with Crippen molar-refractivity contribution in [2.45, 2.75) is 13.2 Å². The molecule has 0 fully saturated rings. The Balaban J connectivity index is 0.00000208. The summed E-state index contributed by atoms with van der Waals surface area (Å²) in [6.45, 7) is 3.05. The van der Waals surface area contributed by atoms with Crippen LogP contribution in [0.5, 0.6) is 5.75 Å². The van der Waals surface area contributed by atoms with Crippen LogP contribution in [0.4, 0.5) is 0 Å². The summed E-state index contributed by atoms with van der Waals surface area (Å²) in [5, 5.41) is 4.02. The second-order valence-electron chi connectivity index (χ2n) is 5.47. The minimum atomic E-state index is 0. The Morgan fingerprint density at radius 3 is 2.54 bits per heavy atom. The van der Waals surface area contributed by atoms with Crippen molar-refractivity contribution in [3.63, 3.8) is 0 Å². The van der Waals surface area contributed by atoms with Gasteiger partial charge in [-0.15, -0.1) is 24.0 Å². The number of halogens is 2. The lowest BCUT2D eigenvalue weighted by Crippen LogP contribution is -2.35. The van der Waals surface area contributed by atoms with Gasteiger partial charge in [0, 0.05) is 20.1 Å². The predicted octanol–water partition coefficient (Wildman–Crippen LogP) is 3.93. The van der Waals surface area contributed by atoms with Gasteiger partial charge in [0.15, 0.2) is 5.96 Å². The van der Waals surface area contributed by atoms with Gasteiger partial charge in [0.2, 0.25) is 0 Å². The zero-order valence-electron chi connectivity index (χ0n) is 13.5. The standard InChI is InChI=1S/C18H20ClN3O.HI/c1-22-11-10-20-18(22)21-12-14-6-2-3-7-15(14)13-23-17-9-5-4-8-16(17)19;/h2-9H,10-13H2,1H3,(H,20,21);1H. The molecule has 1 aliphatic heterocycles. The summed E-state index contributed by atoms with van der Waals surface area (Å²) < 4.78 is 5.86. The van der Waals surface area contributed by atoms with Gasteiger partial charge in [0.05, 0.1) is 11.6 Å². The van der Waals surface area contributed by atoms with Gasteiger partial charge in [0.1, 0.15) is 12.4 Å². The highest BCUT2D eigenvalue weighted by Gasteiger charge is 2.12. The summed E-state index contributed by atoms with van der Waals surface area (Å²) in [6.07, 6.45) is 0. The minimum absolute atomic E-state index is 0. The Kier molecular flexibility index (Phi) is 7.17. The molecule has 1 N–H and O–H groups in total. The molecule has 0 aliphatic carbocycles. The molecule has 0 aromatic heterocycles. The number of ether oxygens (including phenoxy) is 1. The Hall–Kier alpha value is -1.47. The summed E-state index contributed by atoms with van der Waals surface area (Å²) in [5.41, 5.74) is 2.34. The quantitative estimate of drug-likeness (QED) is 0.691. The maximum atomic E-state index is 6.13. The van der Waals surface area contributed by atoms with E-state index in [-0.39, 0.29) is 24.0 Å². The molecule has 2 aromatic rings. The minimum Gasteiger partial charge on any atom is -0.487 e. The third-order valence-corrected chi connectivity index (χ3v) is 4.15. The van der Waals surface area contributed by atoms with E-state index in [1.54, 1.807) is 0 Å². The first-order valence-corrected chi connectivity index (χ1v) is 8.05. The van der Waals surface area contributed by atoms with Gasteiger partial charge in [-0.2, -0.15) is 0 Å². The zero-order chi connectivity index (χ0) is 16.1. The first-order valence-electron chi connectivity index (χ1n) is 7.67. The molecule has 0 saturated carbocycles. The molecule has 128 valence electrons. The second-order valence-corrected chi connectivity index (χ2v) is 5.88. The van der Waals surface area contributed by atoms with E-state index in [1.807, 2.05) is 43.4 Å². The van der Waals surface area contributed by atoms with Crippen LogP contribution in [0.2, 0.25) is 5.02 Å². The van der Waals surface area contributed by atoms with E-state index in [2.05, 4.69) is 27.3 Å². The number of hydrogen-bond donors (Lipinski definition) is 1. The van der Waals surface area contributed by atoms with Gasteiger partial charge in [-0.3, -0.25) is 4.99 Å². The smallest absolute Gasteiger partial charge is 0.194 e. The number of rotatable bonds is 5. The molecule has 1 heterocycles. The lowest BCUT2D eigenvalue weighted by molar-refractivity contribution is 0.305. The lowest BCUT2D eigenvalue weighted by atomic mass is 10.1. The van der Waals surface area contributed by atoms with Gasteiger partial charge in [-0.25, -0.2) is 0 Å². The van der Waals surface area contributed by atoms with Crippen molar-refractivity contribution in [3.8, 4) is 5.75 Å². The Morgan fingerprint density at radius 2 is 1.83 bits per heavy atom. The number of hydrogen-bond acceptors (Lipinski definition) is 4. The maximum absolute atomic E-state index is 6.13. The van der Waals surface area contributed by atoms with Crippen LogP contribution in [0.15, 0.2) is 53.5 Å². The van der Waals surface area contributed by atoms with Gasteiger partial charge in [-0.1, -0.05) is 48.0 Å². The molecule has 0 spiro atoms. The van der Waals surface area contributed by atoms with Crippen LogP contribution >= 0.6 is 35.6 Å². The fourth-order valence-corrected chi connectivity index (χ4v) is 2.68. The van der Waals surface area contributed by atoms with E-state index in [1.165, 1.54) is 5.56 Å². The van der Waals surface area contributed by atoms with Crippen molar-refractivity contribution in [2.75, 3.05) is 20.1 Å². The lowest BCUT2D eigenvalue weighted by Gasteiger charge is -2.17. The topological polar surface area (TPSA) is 36.9 Å². The number of likely N-dealkylation sites (N-methyl/N-ethyl adjacent to an activating group) is 1. The predicted molar refractivity (Wildman–Crippen MR) is 109 cm³/mol.